The fourth-order valence-electron chi connectivity index (χ4n) is 2.30. The van der Waals surface area contributed by atoms with Crippen LogP contribution in [-0.2, 0) is 23.8 Å². The minimum absolute atomic E-state index is 0.0469. The molecule has 0 aromatic heterocycles. The van der Waals surface area contributed by atoms with Gasteiger partial charge in [0.2, 0.25) is 0 Å². The zero-order valence-electron chi connectivity index (χ0n) is 14.0. The lowest BCUT2D eigenvalue weighted by Crippen LogP contribution is -2.38. The van der Waals surface area contributed by atoms with Crippen LogP contribution in [0.15, 0.2) is 29.5 Å². The molecule has 8 heteroatoms. The SMILES string of the molecule is COC(=O)C1=C(C(=O)OC)N(c2cc(OC)cc(OC)c2)COC1. The van der Waals surface area contributed by atoms with Gasteiger partial charge in [0.25, 0.3) is 0 Å². The summed E-state index contributed by atoms with van der Waals surface area (Å²) < 4.78 is 25.4. The van der Waals surface area contributed by atoms with Gasteiger partial charge >= 0.3 is 11.9 Å². The maximum Gasteiger partial charge on any atom is 0.355 e. The van der Waals surface area contributed by atoms with Gasteiger partial charge < -0.3 is 28.6 Å². The lowest BCUT2D eigenvalue weighted by atomic mass is 10.1. The number of ether oxygens (including phenoxy) is 5. The summed E-state index contributed by atoms with van der Waals surface area (Å²) in [6.07, 6.45) is 0. The van der Waals surface area contributed by atoms with Crippen molar-refractivity contribution < 1.29 is 33.3 Å². The highest BCUT2D eigenvalue weighted by atomic mass is 16.5. The first-order valence-corrected chi connectivity index (χ1v) is 7.03. The van der Waals surface area contributed by atoms with Gasteiger partial charge in [-0.05, 0) is 0 Å². The van der Waals surface area contributed by atoms with Crippen molar-refractivity contribution in [3.8, 4) is 11.5 Å². The molecule has 0 atom stereocenters. The van der Waals surface area contributed by atoms with E-state index in [1.54, 1.807) is 18.2 Å². The highest BCUT2D eigenvalue weighted by Crippen LogP contribution is 2.33. The molecule has 1 aromatic carbocycles. The monoisotopic (exact) mass is 337 g/mol. The van der Waals surface area contributed by atoms with Crippen LogP contribution in [0.2, 0.25) is 0 Å². The van der Waals surface area contributed by atoms with Crippen LogP contribution in [0.1, 0.15) is 0 Å². The number of esters is 2. The van der Waals surface area contributed by atoms with Crippen LogP contribution < -0.4 is 14.4 Å². The van der Waals surface area contributed by atoms with Crippen molar-refractivity contribution >= 4 is 17.6 Å². The summed E-state index contributed by atoms with van der Waals surface area (Å²) in [5.41, 5.74) is 0.691. The highest BCUT2D eigenvalue weighted by molar-refractivity contribution is 6.03. The number of carbonyl (C=O) groups excluding carboxylic acids is 2. The van der Waals surface area contributed by atoms with Crippen molar-refractivity contribution in [2.24, 2.45) is 0 Å². The van der Waals surface area contributed by atoms with Gasteiger partial charge in [-0.25, -0.2) is 9.59 Å². The first-order valence-electron chi connectivity index (χ1n) is 7.03. The molecule has 0 spiro atoms. The second-order valence-corrected chi connectivity index (χ2v) is 4.79. The first kappa shape index (κ1) is 17.6. The van der Waals surface area contributed by atoms with Gasteiger partial charge in [0.05, 0.1) is 46.3 Å². The van der Waals surface area contributed by atoms with E-state index in [2.05, 4.69) is 0 Å². The van der Waals surface area contributed by atoms with Crippen molar-refractivity contribution in [3.63, 3.8) is 0 Å². The van der Waals surface area contributed by atoms with Crippen LogP contribution in [0.5, 0.6) is 11.5 Å². The predicted octanol–water partition coefficient (Wildman–Crippen LogP) is 1.10. The van der Waals surface area contributed by atoms with Crippen LogP contribution >= 0.6 is 0 Å². The van der Waals surface area contributed by atoms with E-state index >= 15 is 0 Å². The zero-order chi connectivity index (χ0) is 17.7. The maximum absolute atomic E-state index is 12.2. The molecule has 0 saturated heterocycles. The van der Waals surface area contributed by atoms with Gasteiger partial charge in [-0.3, -0.25) is 0 Å². The number of benzene rings is 1. The number of nitrogens with zero attached hydrogens (tertiary/aromatic N) is 1. The number of hydrogen-bond acceptors (Lipinski definition) is 8. The third-order valence-electron chi connectivity index (χ3n) is 3.48. The van der Waals surface area contributed by atoms with Crippen LogP contribution in [0, 0.1) is 0 Å². The Balaban J connectivity index is 2.58. The number of hydrogen-bond donors (Lipinski definition) is 0. The van der Waals surface area contributed by atoms with Gasteiger partial charge in [0.1, 0.15) is 23.9 Å². The highest BCUT2D eigenvalue weighted by Gasteiger charge is 2.32. The Morgan fingerprint density at radius 3 is 2.04 bits per heavy atom. The summed E-state index contributed by atoms with van der Waals surface area (Å²) >= 11 is 0. The van der Waals surface area contributed by atoms with E-state index in [-0.39, 0.29) is 24.6 Å². The minimum Gasteiger partial charge on any atom is -0.497 e. The Hall–Kier alpha value is -2.74. The number of rotatable bonds is 5. The van der Waals surface area contributed by atoms with E-state index in [1.807, 2.05) is 0 Å². The van der Waals surface area contributed by atoms with Gasteiger partial charge in [-0.15, -0.1) is 0 Å². The molecule has 0 amide bonds. The van der Waals surface area contributed by atoms with Crippen molar-refractivity contribution in [1.29, 1.82) is 0 Å². The van der Waals surface area contributed by atoms with E-state index in [1.165, 1.54) is 33.3 Å². The van der Waals surface area contributed by atoms with E-state index < -0.39 is 11.9 Å². The number of carbonyl (C=O) groups is 2. The molecule has 0 N–H and O–H groups in total. The fourth-order valence-corrected chi connectivity index (χ4v) is 2.30. The van der Waals surface area contributed by atoms with Crippen molar-refractivity contribution in [2.75, 3.05) is 46.7 Å². The Labute approximate surface area is 139 Å². The van der Waals surface area contributed by atoms with E-state index in [9.17, 15) is 9.59 Å². The Morgan fingerprint density at radius 2 is 1.54 bits per heavy atom. The summed E-state index contributed by atoms with van der Waals surface area (Å²) in [6.45, 7) is 0.00988. The normalized spacial score (nSPS) is 14.2. The van der Waals surface area contributed by atoms with Gasteiger partial charge in [-0.1, -0.05) is 0 Å². The van der Waals surface area contributed by atoms with Gasteiger partial charge in [0.15, 0.2) is 0 Å². The van der Waals surface area contributed by atoms with Crippen molar-refractivity contribution in [2.45, 2.75) is 0 Å². The summed E-state index contributed by atoms with van der Waals surface area (Å²) in [4.78, 5) is 25.7. The minimum atomic E-state index is -0.666. The molecule has 8 nitrogen and oxygen atoms in total. The molecule has 130 valence electrons. The third kappa shape index (κ3) is 3.43. The molecule has 2 rings (SSSR count). The van der Waals surface area contributed by atoms with Gasteiger partial charge in [0, 0.05) is 18.2 Å². The van der Waals surface area contributed by atoms with Crippen LogP contribution in [0.25, 0.3) is 0 Å². The standard InChI is InChI=1S/C16H19NO7/c1-20-11-5-10(6-12(7-11)21-2)17-9-24-8-13(15(18)22-3)14(17)16(19)23-4/h5-7H,8-9H2,1-4H3. The van der Waals surface area contributed by atoms with E-state index in [4.69, 9.17) is 23.7 Å². The molecule has 24 heavy (non-hydrogen) atoms. The number of methoxy groups -OCH3 is 4. The molecule has 0 bridgehead atoms. The van der Waals surface area contributed by atoms with Crippen LogP contribution in [-0.4, -0.2) is 53.7 Å². The molecule has 1 aliphatic rings. The van der Waals surface area contributed by atoms with Crippen LogP contribution in [0.4, 0.5) is 5.69 Å². The maximum atomic E-state index is 12.2. The second kappa shape index (κ2) is 7.69. The molecular formula is C16H19NO7. The molecule has 1 heterocycles. The Bertz CT molecular complexity index is 646. The van der Waals surface area contributed by atoms with Gasteiger partial charge in [-0.2, -0.15) is 0 Å². The summed E-state index contributed by atoms with van der Waals surface area (Å²) in [6, 6.07) is 5.07. The largest absolute Gasteiger partial charge is 0.497 e. The smallest absolute Gasteiger partial charge is 0.355 e. The summed E-state index contributed by atoms with van der Waals surface area (Å²) in [5.74, 6) is -0.270. The van der Waals surface area contributed by atoms with E-state index in [0.29, 0.717) is 17.2 Å². The molecule has 1 aromatic rings. The third-order valence-corrected chi connectivity index (χ3v) is 3.48. The summed E-state index contributed by atoms with van der Waals surface area (Å²) in [5, 5.41) is 0. The molecule has 0 fully saturated rings. The fraction of sp³-hybridized carbons (Fsp3) is 0.375. The molecule has 0 saturated carbocycles. The zero-order valence-corrected chi connectivity index (χ0v) is 14.0. The predicted molar refractivity (Wildman–Crippen MR) is 83.9 cm³/mol. The quantitative estimate of drug-likeness (QED) is 0.739. The summed E-state index contributed by atoms with van der Waals surface area (Å²) in [7, 11) is 5.51. The average molecular weight is 337 g/mol. The molecule has 0 unspecified atom stereocenters. The lowest BCUT2D eigenvalue weighted by molar-refractivity contribution is -0.140. The molecule has 0 radical (unpaired) electrons. The first-order chi connectivity index (χ1) is 11.5. The Morgan fingerprint density at radius 1 is 0.958 bits per heavy atom. The van der Waals surface area contributed by atoms with E-state index in [0.717, 1.165) is 0 Å². The van der Waals surface area contributed by atoms with Crippen molar-refractivity contribution in [1.82, 2.24) is 0 Å². The van der Waals surface area contributed by atoms with Crippen molar-refractivity contribution in [3.05, 3.63) is 29.5 Å². The lowest BCUT2D eigenvalue weighted by Gasteiger charge is -2.31. The average Bonchev–Trinajstić information content (AvgIpc) is 2.65. The van der Waals surface area contributed by atoms with Crippen LogP contribution in [0.3, 0.4) is 0 Å². The molecular weight excluding hydrogens is 318 g/mol. The molecule has 0 aliphatic carbocycles. The molecule has 1 aliphatic heterocycles. The Kier molecular flexibility index (Phi) is 5.64. The second-order valence-electron chi connectivity index (χ2n) is 4.79. The topological polar surface area (TPSA) is 83.5 Å². The number of anilines is 1.